The topological polar surface area (TPSA) is 241 Å². The van der Waals surface area contributed by atoms with Crippen LogP contribution in [0.3, 0.4) is 0 Å². The summed E-state index contributed by atoms with van der Waals surface area (Å²) in [7, 11) is 0. The number of ether oxygens (including phenoxy) is 4. The number of urea groups is 1. The molecule has 3 amide bonds. The minimum absolute atomic E-state index is 0.0669. The number of hydrogen-bond donors (Lipinski definition) is 4. The van der Waals surface area contributed by atoms with Crippen LogP contribution in [-0.4, -0.2) is 109 Å². The molecule has 7 aliphatic rings. The molecule has 0 spiro atoms. The quantitative estimate of drug-likeness (QED) is 0.0376. The highest BCUT2D eigenvalue weighted by atomic mass is 19.1. The number of Topliss-reactive ketones (excluding diaryl/α,β-unsaturated/α-hetero) is 2. The van der Waals surface area contributed by atoms with Gasteiger partial charge in [0.15, 0.2) is 34.7 Å². The van der Waals surface area contributed by atoms with Crippen LogP contribution in [0.4, 0.5) is 36.6 Å². The van der Waals surface area contributed by atoms with Gasteiger partial charge >= 0.3 is 6.03 Å². The molecule has 96 heavy (non-hydrogen) atoms. The number of nitrogens with two attached hydrogens (primary N) is 3. The summed E-state index contributed by atoms with van der Waals surface area (Å²) in [6, 6.07) is 31.5. The van der Waals surface area contributed by atoms with E-state index in [0.717, 1.165) is 96.2 Å². The average molecular weight is 1300 g/mol. The molecule has 15 rings (SSSR count). The Hall–Kier alpha value is -10.1. The largest absolute Gasteiger partial charge is 0.488 e. The summed E-state index contributed by atoms with van der Waals surface area (Å²) in [6.07, 6.45) is 19.0. The van der Waals surface area contributed by atoms with Crippen molar-refractivity contribution in [2.45, 2.75) is 135 Å². The highest BCUT2D eigenvalue weighted by molar-refractivity contribution is 6.24. The van der Waals surface area contributed by atoms with Gasteiger partial charge in [-0.05, 0) is 210 Å². The predicted molar refractivity (Wildman–Crippen MR) is 364 cm³/mol. The number of fused-ring (bicyclic) bond motifs is 2. The summed E-state index contributed by atoms with van der Waals surface area (Å²) in [5.74, 6) is 1.05. The van der Waals surface area contributed by atoms with Crippen LogP contribution >= 0.6 is 0 Å². The molecule has 21 heteroatoms. The number of allylic oxidation sites excluding steroid dienone is 2. The molecule has 2 aromatic heterocycles. The smallest absolute Gasteiger partial charge is 0.329 e. The molecular weight excluding hydrogens is 1220 g/mol. The minimum Gasteiger partial charge on any atom is -0.488 e. The van der Waals surface area contributed by atoms with Gasteiger partial charge in [0, 0.05) is 62.3 Å². The monoisotopic (exact) mass is 1300 g/mol. The van der Waals surface area contributed by atoms with Crippen molar-refractivity contribution in [2.24, 2.45) is 0 Å². The van der Waals surface area contributed by atoms with Crippen molar-refractivity contribution >= 4 is 58.7 Å². The van der Waals surface area contributed by atoms with E-state index >= 15 is 0 Å². The number of imide groups is 1. The number of amides is 3. The first-order valence-electron chi connectivity index (χ1n) is 33.1. The van der Waals surface area contributed by atoms with E-state index in [1.54, 1.807) is 86.6 Å². The van der Waals surface area contributed by atoms with Crippen LogP contribution in [0.5, 0.6) is 34.5 Å². The first kappa shape index (κ1) is 63.3. The second kappa shape index (κ2) is 25.9. The van der Waals surface area contributed by atoms with Crippen molar-refractivity contribution < 1.29 is 46.9 Å². The first-order chi connectivity index (χ1) is 46.3. The van der Waals surface area contributed by atoms with Crippen LogP contribution in [0, 0.1) is 25.5 Å². The third-order valence-electron chi connectivity index (χ3n) is 19.8. The van der Waals surface area contributed by atoms with Crippen LogP contribution in [0.1, 0.15) is 132 Å². The second-order valence-electron chi connectivity index (χ2n) is 26.7. The number of nitrogen functional groups attached to an aromatic ring is 3. The number of hydrogen-bond acceptors (Lipinski definition) is 15. The van der Waals surface area contributed by atoms with Crippen molar-refractivity contribution in [3.8, 4) is 45.9 Å². The number of likely N-dealkylation sites (tertiary alicyclic amines) is 2. The summed E-state index contributed by atoms with van der Waals surface area (Å²) in [5.41, 5.74) is 27.3. The van der Waals surface area contributed by atoms with Gasteiger partial charge in [-0.1, -0.05) is 37.1 Å². The predicted octanol–water partition coefficient (Wildman–Crippen LogP) is 13.2. The Labute approximate surface area is 555 Å². The number of aromatic nitrogens is 4. The van der Waals surface area contributed by atoms with E-state index in [9.17, 15) is 28.0 Å². The van der Waals surface area contributed by atoms with Crippen LogP contribution in [0.15, 0.2) is 133 Å². The Morgan fingerprint density at radius 1 is 0.552 bits per heavy atom. The Morgan fingerprint density at radius 3 is 1.43 bits per heavy atom. The third kappa shape index (κ3) is 12.5. The molecule has 0 unspecified atom stereocenters. The summed E-state index contributed by atoms with van der Waals surface area (Å²) >= 11 is 0. The van der Waals surface area contributed by atoms with Crippen molar-refractivity contribution in [1.29, 1.82) is 0 Å². The fraction of sp³-hybridized carbons (Fsp3) is 0.333. The zero-order chi connectivity index (χ0) is 66.7. The number of nitrogens with one attached hydrogen (secondary N) is 1. The van der Waals surface area contributed by atoms with Gasteiger partial charge < -0.3 is 51.3 Å². The molecule has 7 N–H and O–H groups in total. The van der Waals surface area contributed by atoms with Crippen molar-refractivity contribution in [1.82, 2.24) is 34.7 Å². The molecule has 8 aromatic rings. The molecule has 0 bridgehead atoms. The molecule has 494 valence electrons. The van der Waals surface area contributed by atoms with Crippen LogP contribution < -0.4 is 46.4 Å². The number of carbonyl (C=O) groups is 4. The lowest BCUT2D eigenvalue weighted by Crippen LogP contribution is -2.47. The summed E-state index contributed by atoms with van der Waals surface area (Å²) in [4.78, 5) is 60.5. The number of anilines is 4. The number of carbonyl (C=O) groups excluding carboxylic acids is 4. The number of halogens is 2. The molecule has 6 aromatic carbocycles. The SMILES string of the molecule is Cc1cc(-n2ncc(C(=O)C3=Cc4cc(OC5CCN(C6CCC6)CC5)c(N)cc4C3)c2N)ccc1Oc1ccccc1F.Cc1cc(-n2ncc(C(=O)C3=Cc4cc(OC5CCN(C6CCC6)CC5)c(N5C(=O)NC(C)(C)C5=O)cc4C3)c2N)ccc1Oc1ccccc1F. The number of nitrogens with zero attached hydrogens (tertiary/aromatic N) is 7. The van der Waals surface area contributed by atoms with Gasteiger partial charge in [0.05, 0.1) is 46.3 Å². The normalized spacial score (nSPS) is 18.1. The number of rotatable bonds is 17. The Balaban J connectivity index is 0.000000167. The fourth-order valence-electron chi connectivity index (χ4n) is 13.8. The second-order valence-corrected chi connectivity index (χ2v) is 26.7. The van der Waals surface area contributed by atoms with Crippen LogP contribution in [0.25, 0.3) is 23.5 Å². The minimum atomic E-state index is -1.07. The molecule has 3 aliphatic heterocycles. The average Bonchev–Trinajstić information content (AvgIpc) is 1.60. The lowest BCUT2D eigenvalue weighted by atomic mass is 9.90. The van der Waals surface area contributed by atoms with E-state index in [1.165, 1.54) is 72.4 Å². The lowest BCUT2D eigenvalue weighted by Gasteiger charge is -2.41. The summed E-state index contributed by atoms with van der Waals surface area (Å²) in [5, 5.41) is 11.6. The van der Waals surface area contributed by atoms with E-state index in [2.05, 4.69) is 25.3 Å². The standard InChI is InChI=1S/C40H41FN6O5.C35H36FN5O3/c1-23-17-28(11-12-33(23)52-34-10-5-4-9-31(34)41)47-37(42)30(22-43-47)36(48)26-18-24-20-32(46-38(49)40(2,3)44-39(46)50)35(21-25(24)19-26)51-29-13-15-45(16-14-29)27-7-6-8-27;1-21-15-26(9-10-31(21)44-32-8-3-2-7-29(32)36)41-35(38)28(20-39-41)34(42)24-16-22-18-30(37)33(19-23(22)17-24)43-27-11-13-40(14-12-27)25-5-4-6-25/h4-5,9-12,17,19-22,27,29H,6-8,13-16,18,42H2,1-3H3,(H,44,50);2-3,7-10,15,17-20,25,27H,4-6,11-14,16,37-38H2,1H3. The maximum absolute atomic E-state index is 14.2. The summed E-state index contributed by atoms with van der Waals surface area (Å²) in [6.45, 7) is 11.1. The van der Waals surface area contributed by atoms with Crippen LogP contribution in [0.2, 0.25) is 0 Å². The van der Waals surface area contributed by atoms with E-state index in [-0.39, 0.29) is 64.8 Å². The van der Waals surface area contributed by atoms with Crippen molar-refractivity contribution in [3.63, 3.8) is 0 Å². The van der Waals surface area contributed by atoms with E-state index in [0.29, 0.717) is 74.9 Å². The van der Waals surface area contributed by atoms with Gasteiger partial charge in [0.2, 0.25) is 0 Å². The lowest BCUT2D eigenvalue weighted by molar-refractivity contribution is -0.121. The van der Waals surface area contributed by atoms with Crippen molar-refractivity contribution in [3.05, 3.63) is 189 Å². The number of benzene rings is 6. The molecule has 0 radical (unpaired) electrons. The zero-order valence-electron chi connectivity index (χ0n) is 54.2. The molecule has 5 heterocycles. The number of piperidine rings is 2. The van der Waals surface area contributed by atoms with Gasteiger partial charge in [-0.25, -0.2) is 27.8 Å². The van der Waals surface area contributed by atoms with Gasteiger partial charge in [0.1, 0.15) is 52.4 Å². The molecule has 2 saturated carbocycles. The first-order valence-corrected chi connectivity index (χ1v) is 33.1. The fourth-order valence-corrected chi connectivity index (χ4v) is 13.8. The molecule has 0 atom stereocenters. The Kier molecular flexibility index (Phi) is 17.1. The van der Waals surface area contributed by atoms with Gasteiger partial charge in [-0.15, -0.1) is 0 Å². The number of ketones is 2. The van der Waals surface area contributed by atoms with E-state index in [4.69, 9.17) is 36.1 Å². The highest BCUT2D eigenvalue weighted by Crippen LogP contribution is 2.43. The number of aryl methyl sites for hydroxylation is 2. The molecule has 3 saturated heterocycles. The van der Waals surface area contributed by atoms with Crippen LogP contribution in [-0.2, 0) is 17.6 Å². The molecular formula is C75H77F2N11O8. The Morgan fingerprint density at radius 2 is 1.00 bits per heavy atom. The maximum atomic E-state index is 14.2. The van der Waals surface area contributed by atoms with Crippen molar-refractivity contribution in [2.75, 3.05) is 48.3 Å². The maximum Gasteiger partial charge on any atom is 0.329 e. The highest BCUT2D eigenvalue weighted by Gasteiger charge is 2.47. The van der Waals surface area contributed by atoms with Gasteiger partial charge in [-0.2, -0.15) is 10.2 Å². The molecule has 5 fully saturated rings. The van der Waals surface area contributed by atoms with Gasteiger partial charge in [-0.3, -0.25) is 14.4 Å². The third-order valence-corrected chi connectivity index (χ3v) is 19.8. The zero-order valence-corrected chi connectivity index (χ0v) is 54.2. The molecule has 4 aliphatic carbocycles. The van der Waals surface area contributed by atoms with E-state index in [1.807, 2.05) is 50.3 Å². The van der Waals surface area contributed by atoms with Gasteiger partial charge in [0.25, 0.3) is 5.91 Å². The molecule has 19 nitrogen and oxygen atoms in total. The summed E-state index contributed by atoms with van der Waals surface area (Å²) < 4.78 is 55.8. The van der Waals surface area contributed by atoms with E-state index < -0.39 is 23.2 Å². The Bertz CT molecular complexity index is 4470. The number of para-hydroxylation sites is 2.